The summed E-state index contributed by atoms with van der Waals surface area (Å²) >= 11 is 0. The molecule has 1 saturated heterocycles. The molecule has 20 heavy (non-hydrogen) atoms. The number of carbonyl (C=O) groups excluding carboxylic acids is 2. The maximum Gasteiger partial charge on any atom is 0.256 e. The molecule has 2 amide bonds. The fourth-order valence-electron chi connectivity index (χ4n) is 2.78. The number of likely N-dealkylation sites (tertiary alicyclic amines) is 1. The quantitative estimate of drug-likeness (QED) is 0.869. The summed E-state index contributed by atoms with van der Waals surface area (Å²) < 4.78 is 0. The Labute approximate surface area is 117 Å². The lowest BCUT2D eigenvalue weighted by Gasteiger charge is -2.17. The number of H-pyrrole nitrogens is 1. The summed E-state index contributed by atoms with van der Waals surface area (Å²) in [6.07, 6.45) is 2.65. The zero-order valence-electron chi connectivity index (χ0n) is 11.3. The molecule has 1 unspecified atom stereocenters. The molecule has 2 N–H and O–H groups in total. The predicted molar refractivity (Wildman–Crippen MR) is 76.4 cm³/mol. The van der Waals surface area contributed by atoms with Crippen LogP contribution in [0.2, 0.25) is 0 Å². The topological polar surface area (TPSA) is 65.2 Å². The van der Waals surface area contributed by atoms with Crippen LogP contribution in [0.25, 0.3) is 10.9 Å². The van der Waals surface area contributed by atoms with Crippen molar-refractivity contribution in [3.8, 4) is 0 Å². The van der Waals surface area contributed by atoms with Crippen LogP contribution in [0, 0.1) is 0 Å². The van der Waals surface area contributed by atoms with Gasteiger partial charge in [0.2, 0.25) is 5.91 Å². The molecule has 0 saturated carbocycles. The van der Waals surface area contributed by atoms with Gasteiger partial charge in [-0.3, -0.25) is 9.59 Å². The minimum absolute atomic E-state index is 0.0194. The molecule has 1 atom stereocenters. The van der Waals surface area contributed by atoms with E-state index in [1.54, 1.807) is 4.90 Å². The Bertz CT molecular complexity index is 662. The van der Waals surface area contributed by atoms with Crippen LogP contribution in [-0.2, 0) is 4.79 Å². The first-order valence-corrected chi connectivity index (χ1v) is 6.77. The van der Waals surface area contributed by atoms with Gasteiger partial charge in [0.25, 0.3) is 5.91 Å². The fraction of sp³-hybridized carbons (Fsp3) is 0.333. The maximum atomic E-state index is 12.6. The van der Waals surface area contributed by atoms with Gasteiger partial charge in [-0.15, -0.1) is 0 Å². The van der Waals surface area contributed by atoms with Gasteiger partial charge in [0.1, 0.15) is 0 Å². The number of carbonyl (C=O) groups is 2. The highest BCUT2D eigenvalue weighted by molar-refractivity contribution is 6.05. The van der Waals surface area contributed by atoms with E-state index < -0.39 is 0 Å². The number of aromatic amines is 1. The highest BCUT2D eigenvalue weighted by Gasteiger charge is 2.28. The second-order valence-corrected chi connectivity index (χ2v) is 5.18. The van der Waals surface area contributed by atoms with E-state index in [1.165, 1.54) is 6.92 Å². The van der Waals surface area contributed by atoms with Crippen LogP contribution in [0.5, 0.6) is 0 Å². The van der Waals surface area contributed by atoms with Crippen LogP contribution in [0.15, 0.2) is 30.5 Å². The summed E-state index contributed by atoms with van der Waals surface area (Å²) in [6.45, 7) is 2.76. The molecule has 0 bridgehead atoms. The summed E-state index contributed by atoms with van der Waals surface area (Å²) in [6, 6.07) is 7.74. The van der Waals surface area contributed by atoms with Crippen molar-refractivity contribution in [2.75, 3.05) is 13.1 Å². The summed E-state index contributed by atoms with van der Waals surface area (Å²) in [4.78, 5) is 28.6. The van der Waals surface area contributed by atoms with Crippen molar-refractivity contribution in [2.45, 2.75) is 19.4 Å². The minimum Gasteiger partial charge on any atom is -0.361 e. The number of fused-ring (bicyclic) bond motifs is 1. The average molecular weight is 271 g/mol. The molecule has 5 heteroatoms. The zero-order valence-corrected chi connectivity index (χ0v) is 11.3. The first kappa shape index (κ1) is 12.7. The Morgan fingerprint density at radius 3 is 3.00 bits per heavy atom. The predicted octanol–water partition coefficient (Wildman–Crippen LogP) is 1.52. The largest absolute Gasteiger partial charge is 0.361 e. The van der Waals surface area contributed by atoms with E-state index in [9.17, 15) is 9.59 Å². The van der Waals surface area contributed by atoms with Gasteiger partial charge >= 0.3 is 0 Å². The summed E-state index contributed by atoms with van der Waals surface area (Å²) in [5, 5.41) is 3.91. The second kappa shape index (κ2) is 5.00. The molecule has 1 aromatic carbocycles. The zero-order chi connectivity index (χ0) is 14.1. The lowest BCUT2D eigenvalue weighted by atomic mass is 10.1. The monoisotopic (exact) mass is 271 g/mol. The molecule has 1 fully saturated rings. The lowest BCUT2D eigenvalue weighted by Crippen LogP contribution is -2.37. The third-order valence-electron chi connectivity index (χ3n) is 3.70. The number of amides is 2. The van der Waals surface area contributed by atoms with E-state index in [0.29, 0.717) is 18.7 Å². The van der Waals surface area contributed by atoms with Gasteiger partial charge in [-0.1, -0.05) is 12.1 Å². The molecule has 0 aliphatic carbocycles. The molecule has 3 rings (SSSR count). The molecule has 5 nitrogen and oxygen atoms in total. The van der Waals surface area contributed by atoms with Gasteiger partial charge in [-0.05, 0) is 18.6 Å². The van der Waals surface area contributed by atoms with Crippen molar-refractivity contribution in [3.63, 3.8) is 0 Å². The Balaban J connectivity index is 1.80. The summed E-state index contributed by atoms with van der Waals surface area (Å²) in [5.41, 5.74) is 1.57. The Morgan fingerprint density at radius 1 is 1.35 bits per heavy atom. The number of para-hydroxylation sites is 1. The molecule has 0 spiro atoms. The van der Waals surface area contributed by atoms with Crippen molar-refractivity contribution in [3.05, 3.63) is 36.0 Å². The number of nitrogens with zero attached hydrogens (tertiary/aromatic N) is 1. The highest BCUT2D eigenvalue weighted by Crippen LogP contribution is 2.20. The number of hydrogen-bond donors (Lipinski definition) is 2. The van der Waals surface area contributed by atoms with Crippen molar-refractivity contribution < 1.29 is 9.59 Å². The summed E-state index contributed by atoms with van der Waals surface area (Å²) in [5.74, 6) is -0.0262. The number of nitrogens with one attached hydrogen (secondary N) is 2. The number of benzene rings is 1. The first-order valence-electron chi connectivity index (χ1n) is 6.77. The van der Waals surface area contributed by atoms with Gasteiger partial charge < -0.3 is 15.2 Å². The van der Waals surface area contributed by atoms with Gasteiger partial charge in [-0.2, -0.15) is 0 Å². The minimum atomic E-state index is -0.0456. The van der Waals surface area contributed by atoms with Crippen molar-refractivity contribution >= 4 is 22.7 Å². The van der Waals surface area contributed by atoms with Crippen molar-refractivity contribution in [2.24, 2.45) is 0 Å². The molecule has 1 aliphatic rings. The van der Waals surface area contributed by atoms with Crippen molar-refractivity contribution in [1.29, 1.82) is 0 Å². The fourth-order valence-corrected chi connectivity index (χ4v) is 2.78. The van der Waals surface area contributed by atoms with Crippen LogP contribution in [-0.4, -0.2) is 40.8 Å². The number of aromatic nitrogens is 1. The number of hydrogen-bond acceptors (Lipinski definition) is 2. The van der Waals surface area contributed by atoms with Crippen LogP contribution in [0.4, 0.5) is 0 Å². The molecule has 1 aliphatic heterocycles. The molecular formula is C15H17N3O2. The van der Waals surface area contributed by atoms with E-state index in [2.05, 4.69) is 10.3 Å². The van der Waals surface area contributed by atoms with Gasteiger partial charge in [0.15, 0.2) is 0 Å². The van der Waals surface area contributed by atoms with E-state index in [-0.39, 0.29) is 17.9 Å². The van der Waals surface area contributed by atoms with E-state index in [4.69, 9.17) is 0 Å². The van der Waals surface area contributed by atoms with Gasteiger partial charge in [0, 0.05) is 37.6 Å². The second-order valence-electron chi connectivity index (χ2n) is 5.18. The average Bonchev–Trinajstić information content (AvgIpc) is 3.05. The standard InChI is InChI=1S/C15H17N3O2/c1-10(19)17-12-6-8-18(9-12)15(20)13-4-2-3-11-5-7-16-14(11)13/h2-5,7,12,16H,6,8-9H2,1H3,(H,17,19). The molecule has 0 radical (unpaired) electrons. The van der Waals surface area contributed by atoms with Crippen LogP contribution in [0.3, 0.4) is 0 Å². The first-order chi connectivity index (χ1) is 9.65. The molecule has 2 heterocycles. The molecule has 104 valence electrons. The molecule has 2 aromatic rings. The normalized spacial score (nSPS) is 18.4. The smallest absolute Gasteiger partial charge is 0.256 e. The number of rotatable bonds is 2. The van der Waals surface area contributed by atoms with Crippen LogP contribution < -0.4 is 5.32 Å². The van der Waals surface area contributed by atoms with Gasteiger partial charge in [-0.25, -0.2) is 0 Å². The Hall–Kier alpha value is -2.30. The van der Waals surface area contributed by atoms with E-state index in [1.807, 2.05) is 30.5 Å². The van der Waals surface area contributed by atoms with E-state index in [0.717, 1.165) is 17.3 Å². The third kappa shape index (κ3) is 2.27. The van der Waals surface area contributed by atoms with Crippen LogP contribution >= 0.6 is 0 Å². The molecular weight excluding hydrogens is 254 g/mol. The summed E-state index contributed by atoms with van der Waals surface area (Å²) in [7, 11) is 0. The van der Waals surface area contributed by atoms with Crippen LogP contribution in [0.1, 0.15) is 23.7 Å². The Morgan fingerprint density at radius 2 is 2.20 bits per heavy atom. The SMILES string of the molecule is CC(=O)NC1CCN(C(=O)c2cccc3cc[nH]c23)C1. The Kier molecular flexibility index (Phi) is 3.18. The molecule has 1 aromatic heterocycles. The third-order valence-corrected chi connectivity index (χ3v) is 3.70. The maximum absolute atomic E-state index is 12.6. The lowest BCUT2D eigenvalue weighted by molar-refractivity contribution is -0.119. The van der Waals surface area contributed by atoms with E-state index >= 15 is 0 Å². The highest BCUT2D eigenvalue weighted by atomic mass is 16.2. The van der Waals surface area contributed by atoms with Crippen molar-refractivity contribution in [1.82, 2.24) is 15.2 Å². The van der Waals surface area contributed by atoms with Gasteiger partial charge in [0.05, 0.1) is 11.1 Å².